The highest BCUT2D eigenvalue weighted by atomic mass is 16.6. The monoisotopic (exact) mass is 306 g/mol. The molecule has 8 heteroatoms. The summed E-state index contributed by atoms with van der Waals surface area (Å²) >= 11 is 0. The average Bonchev–Trinajstić information content (AvgIpc) is 3.24. The SMILES string of the molecule is O=[N+]([O-])c1ccc(-n2nnnc2[C@H]2N=C2c2ccccc2)cc1. The van der Waals surface area contributed by atoms with Gasteiger partial charge in [0.15, 0.2) is 11.9 Å². The van der Waals surface area contributed by atoms with Gasteiger partial charge in [-0.2, -0.15) is 4.68 Å². The van der Waals surface area contributed by atoms with E-state index < -0.39 is 4.92 Å². The predicted molar refractivity (Wildman–Crippen MR) is 81.5 cm³/mol. The van der Waals surface area contributed by atoms with Crippen molar-refractivity contribution in [2.45, 2.75) is 6.04 Å². The van der Waals surface area contributed by atoms with Gasteiger partial charge in [-0.1, -0.05) is 30.3 Å². The zero-order valence-corrected chi connectivity index (χ0v) is 11.8. The number of rotatable bonds is 4. The second kappa shape index (κ2) is 5.09. The third-order valence-corrected chi connectivity index (χ3v) is 3.57. The van der Waals surface area contributed by atoms with Crippen LogP contribution >= 0.6 is 0 Å². The van der Waals surface area contributed by atoms with Crippen molar-refractivity contribution >= 4 is 11.4 Å². The highest BCUT2D eigenvalue weighted by Gasteiger charge is 2.35. The minimum Gasteiger partial charge on any atom is -0.268 e. The van der Waals surface area contributed by atoms with Crippen molar-refractivity contribution in [3.63, 3.8) is 0 Å². The van der Waals surface area contributed by atoms with Crippen LogP contribution in [0.5, 0.6) is 0 Å². The van der Waals surface area contributed by atoms with E-state index in [0.29, 0.717) is 11.5 Å². The number of benzene rings is 2. The van der Waals surface area contributed by atoms with Gasteiger partial charge in [-0.05, 0) is 28.1 Å². The largest absolute Gasteiger partial charge is 0.269 e. The first-order valence-corrected chi connectivity index (χ1v) is 6.90. The topological polar surface area (TPSA) is 99.1 Å². The lowest BCUT2D eigenvalue weighted by molar-refractivity contribution is -0.384. The van der Waals surface area contributed by atoms with Crippen LogP contribution in [0.1, 0.15) is 17.4 Å². The fourth-order valence-corrected chi connectivity index (χ4v) is 2.39. The van der Waals surface area contributed by atoms with E-state index in [0.717, 1.165) is 11.3 Å². The summed E-state index contributed by atoms with van der Waals surface area (Å²) in [5.41, 5.74) is 2.65. The predicted octanol–water partition coefficient (Wildman–Crippen LogP) is 2.11. The summed E-state index contributed by atoms with van der Waals surface area (Å²) in [5, 5.41) is 22.4. The molecule has 0 radical (unpaired) electrons. The van der Waals surface area contributed by atoms with Gasteiger partial charge in [0.2, 0.25) is 0 Å². The molecular weight excluding hydrogens is 296 g/mol. The molecular formula is C15H10N6O2. The molecule has 2 aromatic carbocycles. The zero-order valence-electron chi connectivity index (χ0n) is 11.8. The second-order valence-electron chi connectivity index (χ2n) is 5.01. The van der Waals surface area contributed by atoms with Crippen LogP contribution in [0, 0.1) is 10.1 Å². The molecule has 1 aliphatic rings. The fourth-order valence-electron chi connectivity index (χ4n) is 2.39. The van der Waals surface area contributed by atoms with Crippen LogP contribution in [0.4, 0.5) is 5.69 Å². The summed E-state index contributed by atoms with van der Waals surface area (Å²) in [6.07, 6.45) is 0. The highest BCUT2D eigenvalue weighted by Crippen LogP contribution is 2.34. The lowest BCUT2D eigenvalue weighted by Gasteiger charge is -2.03. The minimum atomic E-state index is -0.443. The Balaban J connectivity index is 1.62. The Morgan fingerprint density at radius 1 is 1.04 bits per heavy atom. The van der Waals surface area contributed by atoms with Gasteiger partial charge in [-0.15, -0.1) is 5.10 Å². The van der Waals surface area contributed by atoms with Crippen LogP contribution in [0.15, 0.2) is 59.6 Å². The Morgan fingerprint density at radius 3 is 2.48 bits per heavy atom. The first kappa shape index (κ1) is 13.3. The van der Waals surface area contributed by atoms with E-state index in [1.165, 1.54) is 12.1 Å². The standard InChI is InChI=1S/C15H10N6O2/c22-21(23)12-8-6-11(7-9-12)20-15(17-18-19-20)14-13(16-14)10-4-2-1-3-5-10/h1-9,14H/t14-/m0/s1. The van der Waals surface area contributed by atoms with Crippen molar-refractivity contribution < 1.29 is 4.92 Å². The molecule has 0 saturated heterocycles. The molecule has 112 valence electrons. The Kier molecular flexibility index (Phi) is 2.94. The Labute approximate surface area is 130 Å². The third kappa shape index (κ3) is 2.35. The number of aromatic nitrogens is 4. The Morgan fingerprint density at radius 2 is 1.78 bits per heavy atom. The number of hydrogen-bond donors (Lipinski definition) is 0. The van der Waals surface area contributed by atoms with Gasteiger partial charge < -0.3 is 0 Å². The molecule has 1 aliphatic heterocycles. The summed E-state index contributed by atoms with van der Waals surface area (Å²) in [6, 6.07) is 15.7. The van der Waals surface area contributed by atoms with E-state index in [-0.39, 0.29) is 11.7 Å². The van der Waals surface area contributed by atoms with Crippen LogP contribution in [0.2, 0.25) is 0 Å². The molecule has 2 heterocycles. The van der Waals surface area contributed by atoms with Crippen LogP contribution in [0.25, 0.3) is 5.69 Å². The number of nitro groups is 1. The first-order valence-electron chi connectivity index (χ1n) is 6.90. The van der Waals surface area contributed by atoms with Gasteiger partial charge in [0.25, 0.3) is 5.69 Å². The van der Waals surface area contributed by atoms with Crippen molar-refractivity contribution in [3.05, 3.63) is 76.1 Å². The summed E-state index contributed by atoms with van der Waals surface area (Å²) in [4.78, 5) is 14.7. The smallest absolute Gasteiger partial charge is 0.268 e. The van der Waals surface area contributed by atoms with E-state index in [2.05, 4.69) is 20.5 Å². The van der Waals surface area contributed by atoms with Gasteiger partial charge in [-0.3, -0.25) is 15.1 Å². The molecule has 0 bridgehead atoms. The van der Waals surface area contributed by atoms with Gasteiger partial charge >= 0.3 is 0 Å². The zero-order chi connectivity index (χ0) is 15.8. The highest BCUT2D eigenvalue weighted by molar-refractivity contribution is 6.13. The molecule has 0 fully saturated rings. The maximum Gasteiger partial charge on any atom is 0.269 e. The summed E-state index contributed by atoms with van der Waals surface area (Å²) in [7, 11) is 0. The fraction of sp³-hybridized carbons (Fsp3) is 0.0667. The molecule has 3 aromatic rings. The Hall–Kier alpha value is -3.42. The summed E-state index contributed by atoms with van der Waals surface area (Å²) in [6.45, 7) is 0. The second-order valence-corrected chi connectivity index (χ2v) is 5.01. The molecule has 0 spiro atoms. The van der Waals surface area contributed by atoms with Gasteiger partial charge in [0, 0.05) is 12.1 Å². The molecule has 0 aliphatic carbocycles. The molecule has 8 nitrogen and oxygen atoms in total. The van der Waals surface area contributed by atoms with E-state index >= 15 is 0 Å². The first-order chi connectivity index (χ1) is 11.2. The average molecular weight is 306 g/mol. The minimum absolute atomic E-state index is 0.0241. The van der Waals surface area contributed by atoms with Crippen LogP contribution in [-0.2, 0) is 0 Å². The molecule has 1 atom stereocenters. The number of hydrogen-bond acceptors (Lipinski definition) is 6. The van der Waals surface area contributed by atoms with Crippen LogP contribution in [-0.4, -0.2) is 30.8 Å². The number of nitrogens with zero attached hydrogens (tertiary/aromatic N) is 6. The molecule has 4 rings (SSSR count). The van der Waals surface area contributed by atoms with Gasteiger partial charge in [-0.25, -0.2) is 0 Å². The van der Waals surface area contributed by atoms with Crippen molar-refractivity contribution in [1.82, 2.24) is 20.2 Å². The van der Waals surface area contributed by atoms with Crippen molar-refractivity contribution in [3.8, 4) is 5.69 Å². The molecule has 1 aromatic heterocycles. The van der Waals surface area contributed by atoms with Crippen molar-refractivity contribution in [2.75, 3.05) is 0 Å². The normalized spacial score (nSPS) is 16.0. The third-order valence-electron chi connectivity index (χ3n) is 3.57. The number of aliphatic imine (C=N–C) groups is 1. The molecule has 0 saturated carbocycles. The van der Waals surface area contributed by atoms with E-state index in [1.807, 2.05) is 30.3 Å². The van der Waals surface area contributed by atoms with Crippen molar-refractivity contribution in [2.24, 2.45) is 4.99 Å². The van der Waals surface area contributed by atoms with Gasteiger partial charge in [0.05, 0.1) is 16.3 Å². The van der Waals surface area contributed by atoms with E-state index in [1.54, 1.807) is 16.8 Å². The van der Waals surface area contributed by atoms with Crippen LogP contribution in [0.3, 0.4) is 0 Å². The number of non-ortho nitro benzene ring substituents is 1. The summed E-state index contributed by atoms with van der Waals surface area (Å²) in [5.74, 6) is 0.595. The quantitative estimate of drug-likeness (QED) is 0.543. The van der Waals surface area contributed by atoms with E-state index in [9.17, 15) is 10.1 Å². The van der Waals surface area contributed by atoms with E-state index in [4.69, 9.17) is 0 Å². The lowest BCUT2D eigenvalue weighted by atomic mass is 10.1. The molecule has 23 heavy (non-hydrogen) atoms. The maximum absolute atomic E-state index is 10.7. The molecule has 0 N–H and O–H groups in total. The van der Waals surface area contributed by atoms with Crippen molar-refractivity contribution in [1.29, 1.82) is 0 Å². The molecule has 0 amide bonds. The number of nitro benzene ring substituents is 1. The summed E-state index contributed by atoms with van der Waals surface area (Å²) < 4.78 is 1.55. The lowest BCUT2D eigenvalue weighted by Crippen LogP contribution is -2.05. The maximum atomic E-state index is 10.7. The van der Waals surface area contributed by atoms with Crippen LogP contribution < -0.4 is 0 Å². The molecule has 0 unspecified atom stereocenters. The van der Waals surface area contributed by atoms with Gasteiger partial charge in [0.1, 0.15) is 0 Å². The number of tetrazole rings is 1. The Bertz CT molecular complexity index is 901.